The Kier molecular flexibility index (Phi) is 9.73. The summed E-state index contributed by atoms with van der Waals surface area (Å²) in [5, 5.41) is 14.7. The first kappa shape index (κ1) is 27.3. The van der Waals surface area contributed by atoms with E-state index in [1.807, 2.05) is 6.92 Å². The van der Waals surface area contributed by atoms with Crippen LogP contribution in [0.15, 0.2) is 76.3 Å². The Balaban J connectivity index is 1.61. The molecule has 0 heterocycles. The van der Waals surface area contributed by atoms with Crippen LogP contribution >= 0.6 is 15.9 Å². The number of hydrogen-bond donors (Lipinski definition) is 1. The highest BCUT2D eigenvalue weighted by Crippen LogP contribution is 2.23. The number of nitro groups is 1. The van der Waals surface area contributed by atoms with Crippen molar-refractivity contribution < 1.29 is 28.7 Å². The number of nitrogens with zero attached hydrogens (tertiary/aromatic N) is 2. The molecule has 37 heavy (non-hydrogen) atoms. The molecule has 1 atom stereocenters. The maximum atomic E-state index is 12.6. The van der Waals surface area contributed by atoms with E-state index in [2.05, 4.69) is 26.5 Å². The lowest BCUT2D eigenvalue weighted by molar-refractivity contribution is -0.384. The number of nitrogens with one attached hydrogen (secondary N) is 1. The Hall–Kier alpha value is -4.25. The molecule has 3 aromatic rings. The van der Waals surface area contributed by atoms with Crippen LogP contribution in [0.2, 0.25) is 0 Å². The summed E-state index contributed by atoms with van der Waals surface area (Å²) < 4.78 is 17.3. The second-order valence-corrected chi connectivity index (χ2v) is 8.61. The first-order chi connectivity index (χ1) is 17.8. The van der Waals surface area contributed by atoms with E-state index >= 15 is 0 Å². The van der Waals surface area contributed by atoms with Gasteiger partial charge in [0.15, 0.2) is 6.10 Å². The normalized spacial score (nSPS) is 11.5. The van der Waals surface area contributed by atoms with Crippen molar-refractivity contribution in [2.24, 2.45) is 5.10 Å². The molecule has 1 amide bonds. The van der Waals surface area contributed by atoms with Crippen LogP contribution in [0.4, 0.5) is 5.69 Å². The molecule has 11 heteroatoms. The smallest absolute Gasteiger partial charge is 0.343 e. The number of carbonyl (C=O) groups is 2. The van der Waals surface area contributed by atoms with Crippen molar-refractivity contribution >= 4 is 39.7 Å². The van der Waals surface area contributed by atoms with E-state index in [4.69, 9.17) is 14.2 Å². The number of hydrazone groups is 1. The van der Waals surface area contributed by atoms with Crippen LogP contribution in [-0.4, -0.2) is 35.7 Å². The van der Waals surface area contributed by atoms with Crippen molar-refractivity contribution in [3.63, 3.8) is 0 Å². The Labute approximate surface area is 221 Å². The molecule has 0 unspecified atom stereocenters. The minimum atomic E-state index is -0.928. The van der Waals surface area contributed by atoms with Gasteiger partial charge in [-0.1, -0.05) is 22.9 Å². The van der Waals surface area contributed by atoms with E-state index in [0.29, 0.717) is 33.7 Å². The Morgan fingerprint density at radius 3 is 2.41 bits per heavy atom. The number of nitro benzene ring substituents is 1. The predicted octanol–water partition coefficient (Wildman–Crippen LogP) is 5.28. The summed E-state index contributed by atoms with van der Waals surface area (Å²) in [6.07, 6.45) is 1.29. The van der Waals surface area contributed by atoms with Gasteiger partial charge in [-0.15, -0.1) is 0 Å². The molecule has 0 spiro atoms. The molecule has 0 bridgehead atoms. The van der Waals surface area contributed by atoms with Crippen molar-refractivity contribution in [1.82, 2.24) is 5.43 Å². The number of non-ortho nitro benzene ring substituents is 1. The SMILES string of the molecule is CCCOc1ccc(C(=O)Oc2ccc(Br)cc2/C=N\NC(=O)[C@@H](C)Oc2ccc([N+](=O)[O-])cc2)cc1. The van der Waals surface area contributed by atoms with E-state index < -0.39 is 22.9 Å². The van der Waals surface area contributed by atoms with Gasteiger partial charge in [-0.25, -0.2) is 10.2 Å². The quantitative estimate of drug-likeness (QED) is 0.109. The average Bonchev–Trinajstić information content (AvgIpc) is 2.89. The summed E-state index contributed by atoms with van der Waals surface area (Å²) in [5.74, 6) is 0.0927. The molecule has 0 aliphatic carbocycles. The number of hydrogen-bond acceptors (Lipinski definition) is 8. The van der Waals surface area contributed by atoms with Gasteiger partial charge in [0.05, 0.1) is 23.3 Å². The first-order valence-electron chi connectivity index (χ1n) is 11.3. The van der Waals surface area contributed by atoms with Crippen LogP contribution in [0.3, 0.4) is 0 Å². The second-order valence-electron chi connectivity index (χ2n) is 7.69. The van der Waals surface area contributed by atoms with Crippen LogP contribution in [0, 0.1) is 10.1 Å². The zero-order valence-corrected chi connectivity index (χ0v) is 21.6. The molecule has 0 aliphatic heterocycles. The zero-order valence-electron chi connectivity index (χ0n) is 20.0. The molecule has 192 valence electrons. The molecule has 0 aliphatic rings. The number of ether oxygens (including phenoxy) is 3. The molecule has 0 saturated heterocycles. The molecule has 0 radical (unpaired) electrons. The third-order valence-electron chi connectivity index (χ3n) is 4.85. The van der Waals surface area contributed by atoms with Gasteiger partial charge in [0.25, 0.3) is 11.6 Å². The Morgan fingerprint density at radius 1 is 1.08 bits per heavy atom. The van der Waals surface area contributed by atoms with Crippen molar-refractivity contribution in [2.45, 2.75) is 26.4 Å². The summed E-state index contributed by atoms with van der Waals surface area (Å²) in [6, 6.07) is 17.0. The van der Waals surface area contributed by atoms with Crippen LogP contribution in [0.25, 0.3) is 0 Å². The number of esters is 1. The van der Waals surface area contributed by atoms with Crippen LogP contribution in [0.1, 0.15) is 36.2 Å². The van der Waals surface area contributed by atoms with E-state index in [1.165, 1.54) is 37.4 Å². The summed E-state index contributed by atoms with van der Waals surface area (Å²) >= 11 is 3.37. The lowest BCUT2D eigenvalue weighted by atomic mass is 10.2. The highest BCUT2D eigenvalue weighted by atomic mass is 79.9. The number of rotatable bonds is 11. The van der Waals surface area contributed by atoms with E-state index in [0.717, 1.165) is 6.42 Å². The van der Waals surface area contributed by atoms with Crippen molar-refractivity contribution in [3.05, 3.63) is 92.4 Å². The molecular weight excluding hydrogens is 546 g/mol. The van der Waals surface area contributed by atoms with Gasteiger partial charge in [0, 0.05) is 22.2 Å². The molecule has 10 nitrogen and oxygen atoms in total. The summed E-state index contributed by atoms with van der Waals surface area (Å²) in [6.45, 7) is 4.10. The fourth-order valence-electron chi connectivity index (χ4n) is 2.94. The zero-order chi connectivity index (χ0) is 26.8. The lowest BCUT2D eigenvalue weighted by Crippen LogP contribution is -2.33. The highest BCUT2D eigenvalue weighted by Gasteiger charge is 2.16. The Bertz CT molecular complexity index is 1280. The molecule has 3 aromatic carbocycles. The maximum Gasteiger partial charge on any atom is 0.343 e. The van der Waals surface area contributed by atoms with E-state index in [9.17, 15) is 19.7 Å². The summed E-state index contributed by atoms with van der Waals surface area (Å²) in [5.41, 5.74) is 3.06. The average molecular weight is 570 g/mol. The maximum absolute atomic E-state index is 12.6. The number of halogens is 1. The fourth-order valence-corrected chi connectivity index (χ4v) is 3.32. The van der Waals surface area contributed by atoms with Crippen LogP contribution in [0.5, 0.6) is 17.2 Å². The largest absolute Gasteiger partial charge is 0.494 e. The topological polar surface area (TPSA) is 129 Å². The minimum Gasteiger partial charge on any atom is -0.494 e. The van der Waals surface area contributed by atoms with Gasteiger partial charge in [0.1, 0.15) is 17.2 Å². The lowest BCUT2D eigenvalue weighted by Gasteiger charge is -2.12. The molecule has 3 rings (SSSR count). The monoisotopic (exact) mass is 569 g/mol. The predicted molar refractivity (Wildman–Crippen MR) is 140 cm³/mol. The second kappa shape index (κ2) is 13.2. The minimum absolute atomic E-state index is 0.0856. The molecule has 1 N–H and O–H groups in total. The molecule has 0 fully saturated rings. The summed E-state index contributed by atoms with van der Waals surface area (Å²) in [4.78, 5) is 35.2. The van der Waals surface area contributed by atoms with Gasteiger partial charge >= 0.3 is 5.97 Å². The Morgan fingerprint density at radius 2 is 1.76 bits per heavy atom. The van der Waals surface area contributed by atoms with Gasteiger partial charge in [0.2, 0.25) is 0 Å². The molecular formula is C26H24BrN3O7. The summed E-state index contributed by atoms with van der Waals surface area (Å²) in [7, 11) is 0. The number of carbonyl (C=O) groups excluding carboxylic acids is 2. The van der Waals surface area contributed by atoms with Gasteiger partial charge < -0.3 is 14.2 Å². The highest BCUT2D eigenvalue weighted by molar-refractivity contribution is 9.10. The van der Waals surface area contributed by atoms with E-state index in [-0.39, 0.29) is 11.4 Å². The molecule has 0 aromatic heterocycles. The van der Waals surface area contributed by atoms with Crippen LogP contribution in [-0.2, 0) is 4.79 Å². The van der Waals surface area contributed by atoms with Crippen LogP contribution < -0.4 is 19.6 Å². The van der Waals surface area contributed by atoms with Crippen molar-refractivity contribution in [2.75, 3.05) is 6.61 Å². The van der Waals surface area contributed by atoms with Crippen molar-refractivity contribution in [1.29, 1.82) is 0 Å². The van der Waals surface area contributed by atoms with E-state index in [1.54, 1.807) is 42.5 Å². The number of benzene rings is 3. The standard InChI is InChI=1S/C26H24BrN3O7/c1-3-14-35-22-9-4-18(5-10-22)26(32)37-24-13-6-20(27)15-19(24)16-28-29-25(31)17(2)36-23-11-7-21(8-12-23)30(33)34/h4-13,15-17H,3,14H2,1-2H3,(H,29,31)/b28-16-/t17-/m1/s1. The molecule has 0 saturated carbocycles. The van der Waals surface area contributed by atoms with Gasteiger partial charge in [-0.05, 0) is 67.9 Å². The fraction of sp³-hybridized carbons (Fsp3) is 0.192. The first-order valence-corrected chi connectivity index (χ1v) is 12.0. The van der Waals surface area contributed by atoms with Gasteiger partial charge in [-0.2, -0.15) is 5.10 Å². The third kappa shape index (κ3) is 8.14. The third-order valence-corrected chi connectivity index (χ3v) is 5.34. The number of amides is 1. The van der Waals surface area contributed by atoms with Gasteiger partial charge in [-0.3, -0.25) is 14.9 Å². The van der Waals surface area contributed by atoms with Crippen molar-refractivity contribution in [3.8, 4) is 17.2 Å².